The summed E-state index contributed by atoms with van der Waals surface area (Å²) in [5.74, 6) is 0. The molecule has 0 aromatic carbocycles. The Balaban J connectivity index is 1.70. The molecule has 21 heavy (non-hydrogen) atoms. The SMILES string of the molecule is COCCNCCC=C(C)Cc1ccn(C2CCCC2)n1. The largest absolute Gasteiger partial charge is 0.383 e. The lowest BCUT2D eigenvalue weighted by Gasteiger charge is -2.08. The summed E-state index contributed by atoms with van der Waals surface area (Å²) in [6.07, 6.45) is 11.8. The highest BCUT2D eigenvalue weighted by Crippen LogP contribution is 2.28. The lowest BCUT2D eigenvalue weighted by atomic mass is 10.1. The fourth-order valence-corrected chi connectivity index (χ4v) is 2.92. The monoisotopic (exact) mass is 291 g/mol. The van der Waals surface area contributed by atoms with Crippen molar-refractivity contribution in [1.29, 1.82) is 0 Å². The number of allylic oxidation sites excluding steroid dienone is 1. The van der Waals surface area contributed by atoms with E-state index in [0.29, 0.717) is 6.04 Å². The molecule has 0 unspecified atom stereocenters. The number of nitrogens with one attached hydrogen (secondary N) is 1. The van der Waals surface area contributed by atoms with Gasteiger partial charge in [0.25, 0.3) is 0 Å². The van der Waals surface area contributed by atoms with Gasteiger partial charge >= 0.3 is 0 Å². The Kier molecular flexibility index (Phi) is 6.96. The van der Waals surface area contributed by atoms with Crippen LogP contribution in [0.3, 0.4) is 0 Å². The van der Waals surface area contributed by atoms with Crippen LogP contribution < -0.4 is 5.32 Å². The molecule has 0 bridgehead atoms. The molecule has 1 aromatic heterocycles. The van der Waals surface area contributed by atoms with Gasteiger partial charge in [0.2, 0.25) is 0 Å². The number of hydrogen-bond donors (Lipinski definition) is 1. The smallest absolute Gasteiger partial charge is 0.0664 e. The molecule has 0 radical (unpaired) electrons. The molecule has 0 amide bonds. The minimum Gasteiger partial charge on any atom is -0.383 e. The third kappa shape index (κ3) is 5.64. The van der Waals surface area contributed by atoms with E-state index in [-0.39, 0.29) is 0 Å². The maximum atomic E-state index is 5.00. The van der Waals surface area contributed by atoms with Crippen molar-refractivity contribution in [2.45, 2.75) is 51.5 Å². The zero-order chi connectivity index (χ0) is 14.9. The zero-order valence-corrected chi connectivity index (χ0v) is 13.5. The number of ether oxygens (including phenoxy) is 1. The minimum atomic E-state index is 0.646. The highest BCUT2D eigenvalue weighted by atomic mass is 16.5. The Morgan fingerprint density at radius 2 is 2.24 bits per heavy atom. The molecule has 1 N–H and O–H groups in total. The molecule has 118 valence electrons. The second-order valence-corrected chi connectivity index (χ2v) is 5.98. The molecule has 1 aliphatic rings. The molecule has 0 saturated heterocycles. The Labute approximate surface area is 128 Å². The average molecular weight is 291 g/mol. The predicted molar refractivity (Wildman–Crippen MR) is 86.6 cm³/mol. The van der Waals surface area contributed by atoms with E-state index in [0.717, 1.165) is 32.5 Å². The predicted octanol–water partition coefficient (Wildman–Crippen LogP) is 3.11. The molecule has 0 atom stereocenters. The van der Waals surface area contributed by atoms with Crippen LogP contribution in [0.15, 0.2) is 23.9 Å². The summed E-state index contributed by atoms with van der Waals surface area (Å²) in [5, 5.41) is 8.10. The quantitative estimate of drug-likeness (QED) is 0.561. The summed E-state index contributed by atoms with van der Waals surface area (Å²) < 4.78 is 7.19. The highest BCUT2D eigenvalue weighted by Gasteiger charge is 2.17. The number of hydrogen-bond acceptors (Lipinski definition) is 3. The van der Waals surface area contributed by atoms with Gasteiger partial charge in [0.1, 0.15) is 0 Å². The van der Waals surface area contributed by atoms with Gasteiger partial charge in [-0.1, -0.05) is 24.5 Å². The van der Waals surface area contributed by atoms with Crippen LogP contribution in [0, 0.1) is 0 Å². The third-order valence-corrected chi connectivity index (χ3v) is 4.12. The van der Waals surface area contributed by atoms with E-state index in [1.54, 1.807) is 7.11 Å². The van der Waals surface area contributed by atoms with E-state index in [2.05, 4.69) is 35.3 Å². The van der Waals surface area contributed by atoms with Crippen molar-refractivity contribution >= 4 is 0 Å². The topological polar surface area (TPSA) is 39.1 Å². The van der Waals surface area contributed by atoms with Crippen LogP contribution >= 0.6 is 0 Å². The first kappa shape index (κ1) is 16.2. The zero-order valence-electron chi connectivity index (χ0n) is 13.5. The first-order valence-electron chi connectivity index (χ1n) is 8.19. The Hall–Kier alpha value is -1.13. The van der Waals surface area contributed by atoms with Crippen LogP contribution in [0.4, 0.5) is 0 Å². The van der Waals surface area contributed by atoms with E-state index in [1.165, 1.54) is 37.0 Å². The van der Waals surface area contributed by atoms with Gasteiger partial charge < -0.3 is 10.1 Å². The fourth-order valence-electron chi connectivity index (χ4n) is 2.92. The molecule has 1 aliphatic carbocycles. The molecule has 2 rings (SSSR count). The van der Waals surface area contributed by atoms with E-state index < -0.39 is 0 Å². The van der Waals surface area contributed by atoms with Crippen molar-refractivity contribution in [3.8, 4) is 0 Å². The van der Waals surface area contributed by atoms with Crippen molar-refractivity contribution < 1.29 is 4.74 Å². The summed E-state index contributed by atoms with van der Waals surface area (Å²) in [5.41, 5.74) is 2.60. The van der Waals surface area contributed by atoms with Crippen LogP contribution in [-0.2, 0) is 11.2 Å². The van der Waals surface area contributed by atoms with Gasteiger partial charge in [-0.05, 0) is 38.8 Å². The number of aromatic nitrogens is 2. The standard InChI is InChI=1S/C17H29N3O/c1-15(6-5-10-18-11-13-21-2)14-16-9-12-20(19-16)17-7-3-4-8-17/h6,9,12,17-18H,3-5,7-8,10-11,13-14H2,1-2H3. The molecule has 4 nitrogen and oxygen atoms in total. The van der Waals surface area contributed by atoms with Gasteiger partial charge in [0.15, 0.2) is 0 Å². The van der Waals surface area contributed by atoms with Gasteiger partial charge in [-0.25, -0.2) is 0 Å². The summed E-state index contributed by atoms with van der Waals surface area (Å²) in [4.78, 5) is 0. The van der Waals surface area contributed by atoms with Gasteiger partial charge in [-0.3, -0.25) is 4.68 Å². The van der Waals surface area contributed by atoms with Crippen LogP contribution in [0.1, 0.15) is 50.8 Å². The second-order valence-electron chi connectivity index (χ2n) is 5.98. The number of rotatable bonds is 9. The van der Waals surface area contributed by atoms with Crippen LogP contribution in [0.2, 0.25) is 0 Å². The Morgan fingerprint density at radius 1 is 1.43 bits per heavy atom. The molecule has 4 heteroatoms. The van der Waals surface area contributed by atoms with Crippen molar-refractivity contribution in [2.24, 2.45) is 0 Å². The molecular weight excluding hydrogens is 262 g/mol. The molecule has 1 saturated carbocycles. The van der Waals surface area contributed by atoms with E-state index >= 15 is 0 Å². The van der Waals surface area contributed by atoms with Crippen LogP contribution in [0.5, 0.6) is 0 Å². The first-order valence-corrected chi connectivity index (χ1v) is 8.19. The highest BCUT2D eigenvalue weighted by molar-refractivity contribution is 5.12. The van der Waals surface area contributed by atoms with Crippen molar-refractivity contribution in [1.82, 2.24) is 15.1 Å². The van der Waals surface area contributed by atoms with Gasteiger partial charge in [0, 0.05) is 26.3 Å². The maximum Gasteiger partial charge on any atom is 0.0664 e. The van der Waals surface area contributed by atoms with Crippen LogP contribution in [-0.4, -0.2) is 36.6 Å². The summed E-state index contributed by atoms with van der Waals surface area (Å²) >= 11 is 0. The molecular formula is C17H29N3O. The maximum absolute atomic E-state index is 5.00. The lowest BCUT2D eigenvalue weighted by Crippen LogP contribution is -2.19. The molecule has 1 heterocycles. The first-order chi connectivity index (χ1) is 10.3. The van der Waals surface area contributed by atoms with Gasteiger partial charge in [0.05, 0.1) is 18.3 Å². The Bertz CT molecular complexity index is 433. The normalized spacial score (nSPS) is 16.8. The number of nitrogens with zero attached hydrogens (tertiary/aromatic N) is 2. The number of methoxy groups -OCH3 is 1. The fraction of sp³-hybridized carbons (Fsp3) is 0.706. The van der Waals surface area contributed by atoms with Crippen molar-refractivity contribution in [3.05, 3.63) is 29.6 Å². The summed E-state index contributed by atoms with van der Waals surface area (Å²) in [7, 11) is 1.73. The van der Waals surface area contributed by atoms with E-state index in [1.807, 2.05) is 0 Å². The third-order valence-electron chi connectivity index (χ3n) is 4.12. The van der Waals surface area contributed by atoms with Crippen molar-refractivity contribution in [2.75, 3.05) is 26.8 Å². The average Bonchev–Trinajstić information content (AvgIpc) is 3.13. The molecule has 1 aromatic rings. The minimum absolute atomic E-state index is 0.646. The lowest BCUT2D eigenvalue weighted by molar-refractivity contribution is 0.199. The molecule has 1 fully saturated rings. The Morgan fingerprint density at radius 3 is 3.00 bits per heavy atom. The molecule has 0 spiro atoms. The molecule has 0 aliphatic heterocycles. The summed E-state index contributed by atoms with van der Waals surface area (Å²) in [6.45, 7) is 4.91. The van der Waals surface area contributed by atoms with Gasteiger partial charge in [-0.15, -0.1) is 0 Å². The van der Waals surface area contributed by atoms with Crippen LogP contribution in [0.25, 0.3) is 0 Å². The van der Waals surface area contributed by atoms with E-state index in [4.69, 9.17) is 9.84 Å². The van der Waals surface area contributed by atoms with Crippen molar-refractivity contribution in [3.63, 3.8) is 0 Å². The summed E-state index contributed by atoms with van der Waals surface area (Å²) in [6, 6.07) is 2.82. The van der Waals surface area contributed by atoms with E-state index in [9.17, 15) is 0 Å². The second kappa shape index (κ2) is 9.00. The van der Waals surface area contributed by atoms with Gasteiger partial charge in [-0.2, -0.15) is 5.10 Å².